The molecule has 0 nitrogen and oxygen atoms in total. The SMILES string of the molecule is CC(C)[S+]1CC=CC1. The van der Waals surface area contributed by atoms with Crippen molar-refractivity contribution in [2.75, 3.05) is 11.5 Å². The van der Waals surface area contributed by atoms with Crippen molar-refractivity contribution >= 4 is 10.9 Å². The molecule has 0 saturated heterocycles. The summed E-state index contributed by atoms with van der Waals surface area (Å²) in [5.74, 6) is 2.69. The highest BCUT2D eigenvalue weighted by Gasteiger charge is 2.22. The van der Waals surface area contributed by atoms with Crippen LogP contribution in [0.5, 0.6) is 0 Å². The fourth-order valence-corrected chi connectivity index (χ4v) is 2.51. The summed E-state index contributed by atoms with van der Waals surface area (Å²) in [5, 5.41) is 0.907. The molecule has 1 aliphatic heterocycles. The second-order valence-electron chi connectivity index (χ2n) is 2.39. The van der Waals surface area contributed by atoms with Crippen LogP contribution < -0.4 is 0 Å². The summed E-state index contributed by atoms with van der Waals surface area (Å²) < 4.78 is 0. The van der Waals surface area contributed by atoms with Gasteiger partial charge in [-0.3, -0.25) is 0 Å². The predicted octanol–water partition coefficient (Wildman–Crippen LogP) is 1.58. The molecule has 0 N–H and O–H groups in total. The van der Waals surface area contributed by atoms with Crippen LogP contribution in [0.25, 0.3) is 0 Å². The Morgan fingerprint density at radius 2 is 1.75 bits per heavy atom. The molecule has 0 bridgehead atoms. The Morgan fingerprint density at radius 1 is 1.25 bits per heavy atom. The molecule has 1 rings (SSSR count). The van der Waals surface area contributed by atoms with Crippen LogP contribution in [0.4, 0.5) is 0 Å². The quantitative estimate of drug-likeness (QED) is 0.372. The highest BCUT2D eigenvalue weighted by molar-refractivity contribution is 7.97. The van der Waals surface area contributed by atoms with Crippen molar-refractivity contribution < 1.29 is 0 Å². The molecule has 0 fully saturated rings. The van der Waals surface area contributed by atoms with Crippen LogP contribution >= 0.6 is 0 Å². The fraction of sp³-hybridized carbons (Fsp3) is 0.714. The van der Waals surface area contributed by atoms with Crippen molar-refractivity contribution in [3.05, 3.63) is 12.2 Å². The van der Waals surface area contributed by atoms with Crippen LogP contribution in [0.1, 0.15) is 13.8 Å². The zero-order chi connectivity index (χ0) is 5.98. The average molecular weight is 129 g/mol. The van der Waals surface area contributed by atoms with Crippen molar-refractivity contribution in [1.29, 1.82) is 0 Å². The van der Waals surface area contributed by atoms with Gasteiger partial charge < -0.3 is 0 Å². The standard InChI is InChI=1S/C7H13S/c1-7(2)8-5-3-4-6-8/h3-4,7H,5-6H2,1-2H3/q+1. The van der Waals surface area contributed by atoms with E-state index in [0.29, 0.717) is 10.9 Å². The van der Waals surface area contributed by atoms with E-state index in [1.54, 1.807) is 0 Å². The molecule has 0 saturated carbocycles. The molecule has 0 unspecified atom stereocenters. The molecule has 1 aliphatic rings. The Balaban J connectivity index is 2.29. The summed E-state index contributed by atoms with van der Waals surface area (Å²) in [6.07, 6.45) is 4.62. The molecule has 1 heteroatoms. The summed E-state index contributed by atoms with van der Waals surface area (Å²) in [4.78, 5) is 0. The molecule has 0 amide bonds. The van der Waals surface area contributed by atoms with Gasteiger partial charge in [0, 0.05) is 0 Å². The average Bonchev–Trinajstić information content (AvgIpc) is 2.12. The van der Waals surface area contributed by atoms with Crippen LogP contribution in [0, 0.1) is 0 Å². The van der Waals surface area contributed by atoms with Gasteiger partial charge in [-0.15, -0.1) is 0 Å². The maximum atomic E-state index is 2.32. The van der Waals surface area contributed by atoms with Crippen molar-refractivity contribution in [3.8, 4) is 0 Å². The molecule has 0 aromatic carbocycles. The first kappa shape index (κ1) is 6.21. The molecule has 0 radical (unpaired) electrons. The van der Waals surface area contributed by atoms with Gasteiger partial charge in [0.15, 0.2) is 0 Å². The Labute approximate surface area is 54.3 Å². The van der Waals surface area contributed by atoms with Gasteiger partial charge in [-0.05, 0) is 36.9 Å². The Kier molecular flexibility index (Phi) is 2.01. The van der Waals surface area contributed by atoms with E-state index in [0.717, 1.165) is 5.25 Å². The van der Waals surface area contributed by atoms with Gasteiger partial charge in [0.25, 0.3) is 0 Å². The van der Waals surface area contributed by atoms with Gasteiger partial charge in [-0.2, -0.15) is 0 Å². The highest BCUT2D eigenvalue weighted by atomic mass is 32.2. The van der Waals surface area contributed by atoms with Gasteiger partial charge in [0.2, 0.25) is 0 Å². The molecular weight excluding hydrogens is 116 g/mol. The Hall–Kier alpha value is 0.0900. The van der Waals surface area contributed by atoms with E-state index in [9.17, 15) is 0 Å². The van der Waals surface area contributed by atoms with Crippen molar-refractivity contribution in [3.63, 3.8) is 0 Å². The maximum absolute atomic E-state index is 2.32. The first-order chi connectivity index (χ1) is 3.80. The third-order valence-corrected chi connectivity index (χ3v) is 4.03. The second-order valence-corrected chi connectivity index (χ2v) is 5.08. The van der Waals surface area contributed by atoms with E-state index in [1.807, 2.05) is 0 Å². The lowest BCUT2D eigenvalue weighted by Gasteiger charge is -2.02. The predicted molar refractivity (Wildman–Crippen MR) is 41.4 cm³/mol. The molecule has 0 aromatic rings. The van der Waals surface area contributed by atoms with Crippen LogP contribution in [0.15, 0.2) is 12.2 Å². The van der Waals surface area contributed by atoms with Gasteiger partial charge in [-0.1, -0.05) is 0 Å². The lowest BCUT2D eigenvalue weighted by molar-refractivity contribution is 1.10. The normalized spacial score (nSPS) is 20.9. The summed E-state index contributed by atoms with van der Waals surface area (Å²) in [5.41, 5.74) is 0. The van der Waals surface area contributed by atoms with Crippen molar-refractivity contribution in [1.82, 2.24) is 0 Å². The van der Waals surface area contributed by atoms with Crippen LogP contribution in [0.2, 0.25) is 0 Å². The molecule has 0 spiro atoms. The maximum Gasteiger partial charge on any atom is 0.127 e. The lowest BCUT2D eigenvalue weighted by atomic mass is 10.6. The van der Waals surface area contributed by atoms with E-state index < -0.39 is 0 Å². The molecule has 0 atom stereocenters. The van der Waals surface area contributed by atoms with Gasteiger partial charge in [0.1, 0.15) is 16.8 Å². The van der Waals surface area contributed by atoms with E-state index in [4.69, 9.17) is 0 Å². The number of hydrogen-bond donors (Lipinski definition) is 0. The number of rotatable bonds is 1. The monoisotopic (exact) mass is 129 g/mol. The molecule has 0 aliphatic carbocycles. The minimum Gasteiger partial charge on any atom is -0.0350 e. The summed E-state index contributed by atoms with van der Waals surface area (Å²) >= 11 is 0. The first-order valence-electron chi connectivity index (χ1n) is 3.12. The minimum absolute atomic E-state index is 0.710. The minimum atomic E-state index is 0.710. The van der Waals surface area contributed by atoms with Gasteiger partial charge in [0.05, 0.1) is 0 Å². The lowest BCUT2D eigenvalue weighted by Crippen LogP contribution is -2.16. The molecule has 8 heavy (non-hydrogen) atoms. The van der Waals surface area contributed by atoms with Crippen LogP contribution in [0.3, 0.4) is 0 Å². The smallest absolute Gasteiger partial charge is 0.0350 e. The molecule has 0 aromatic heterocycles. The van der Waals surface area contributed by atoms with Crippen molar-refractivity contribution in [2.45, 2.75) is 19.1 Å². The highest BCUT2D eigenvalue weighted by Crippen LogP contribution is 2.11. The van der Waals surface area contributed by atoms with E-state index >= 15 is 0 Å². The first-order valence-corrected chi connectivity index (χ1v) is 4.74. The van der Waals surface area contributed by atoms with Crippen molar-refractivity contribution in [2.24, 2.45) is 0 Å². The number of hydrogen-bond acceptors (Lipinski definition) is 0. The van der Waals surface area contributed by atoms with Crippen LogP contribution in [-0.4, -0.2) is 16.8 Å². The van der Waals surface area contributed by atoms with E-state index in [-0.39, 0.29) is 0 Å². The zero-order valence-corrected chi connectivity index (χ0v) is 6.37. The zero-order valence-electron chi connectivity index (χ0n) is 5.55. The Morgan fingerprint density at radius 3 is 2.00 bits per heavy atom. The third-order valence-electron chi connectivity index (χ3n) is 1.45. The van der Waals surface area contributed by atoms with Crippen LogP contribution in [-0.2, 0) is 10.9 Å². The molecular formula is C7H13S+. The third kappa shape index (κ3) is 1.28. The second kappa shape index (κ2) is 2.58. The summed E-state index contributed by atoms with van der Waals surface area (Å²) in [7, 11) is 0.710. The summed E-state index contributed by atoms with van der Waals surface area (Å²) in [6.45, 7) is 4.63. The van der Waals surface area contributed by atoms with E-state index in [1.165, 1.54) is 11.5 Å². The topological polar surface area (TPSA) is 0 Å². The fourth-order valence-electron chi connectivity index (χ4n) is 0.836. The molecule has 46 valence electrons. The summed E-state index contributed by atoms with van der Waals surface area (Å²) in [6, 6.07) is 0. The molecule has 1 heterocycles. The Bertz CT molecular complexity index is 86.6. The largest absolute Gasteiger partial charge is 0.127 e. The van der Waals surface area contributed by atoms with Gasteiger partial charge >= 0.3 is 0 Å². The van der Waals surface area contributed by atoms with Gasteiger partial charge in [-0.25, -0.2) is 0 Å². The van der Waals surface area contributed by atoms with E-state index in [2.05, 4.69) is 26.0 Å².